The number of nitrogens with two attached hydrogens (primary N) is 1. The van der Waals surface area contributed by atoms with Gasteiger partial charge in [-0.15, -0.1) is 0 Å². The van der Waals surface area contributed by atoms with Gasteiger partial charge in [0.05, 0.1) is 10.4 Å². The van der Waals surface area contributed by atoms with Gasteiger partial charge in [-0.25, -0.2) is 0 Å². The van der Waals surface area contributed by atoms with Gasteiger partial charge in [0.2, 0.25) is 5.91 Å². The zero-order valence-corrected chi connectivity index (χ0v) is 11.2. The highest BCUT2D eigenvalue weighted by molar-refractivity contribution is 7.80. The summed E-state index contributed by atoms with van der Waals surface area (Å²) in [4.78, 5) is 12.5. The maximum atomic E-state index is 12.2. The zero-order valence-electron chi connectivity index (χ0n) is 10.4. The summed E-state index contributed by atoms with van der Waals surface area (Å²) in [5.41, 5.74) is 5.26. The number of nitrogens with one attached hydrogen (secondary N) is 1. The summed E-state index contributed by atoms with van der Waals surface area (Å²) < 4.78 is 0. The Morgan fingerprint density at radius 1 is 1.38 bits per heavy atom. The molecule has 0 aromatic heterocycles. The summed E-state index contributed by atoms with van der Waals surface area (Å²) >= 11 is 5.07. The molecule has 16 heavy (non-hydrogen) atoms. The first kappa shape index (κ1) is 13.4. The number of thiocarbonyl (C=S) groups is 1. The molecule has 0 aliphatic heterocycles. The summed E-state index contributed by atoms with van der Waals surface area (Å²) in [6.45, 7) is 6.94. The molecule has 3 N–H and O–H groups in total. The predicted molar refractivity (Wildman–Crippen MR) is 70.2 cm³/mol. The van der Waals surface area contributed by atoms with Gasteiger partial charge in [0.15, 0.2) is 0 Å². The van der Waals surface area contributed by atoms with Gasteiger partial charge in [0.1, 0.15) is 0 Å². The van der Waals surface area contributed by atoms with Crippen LogP contribution in [0.5, 0.6) is 0 Å². The van der Waals surface area contributed by atoms with Crippen LogP contribution >= 0.6 is 12.2 Å². The topological polar surface area (TPSA) is 55.1 Å². The fraction of sp³-hybridized carbons (Fsp3) is 0.833. The second kappa shape index (κ2) is 4.70. The standard InChI is InChI=1S/C12H22N2OS/c1-11(2,3)8-14-10(15)12(9(13)16)6-4-5-7-12/h4-8H2,1-3H3,(H2,13,16)(H,14,15). The molecule has 1 saturated carbocycles. The third-order valence-corrected chi connectivity index (χ3v) is 3.53. The Bertz CT molecular complexity index is 288. The summed E-state index contributed by atoms with van der Waals surface area (Å²) in [6, 6.07) is 0. The van der Waals surface area contributed by atoms with Gasteiger partial charge in [0.25, 0.3) is 0 Å². The molecule has 1 amide bonds. The van der Waals surface area contributed by atoms with E-state index in [9.17, 15) is 4.79 Å². The molecule has 0 bridgehead atoms. The van der Waals surface area contributed by atoms with E-state index in [-0.39, 0.29) is 11.3 Å². The Kier molecular flexibility index (Phi) is 3.94. The van der Waals surface area contributed by atoms with Crippen molar-refractivity contribution in [3.05, 3.63) is 0 Å². The molecule has 1 aliphatic rings. The molecule has 0 atom stereocenters. The van der Waals surface area contributed by atoms with Crippen LogP contribution in [0.15, 0.2) is 0 Å². The quantitative estimate of drug-likeness (QED) is 0.744. The van der Waals surface area contributed by atoms with Crippen molar-refractivity contribution in [3.63, 3.8) is 0 Å². The number of hydrogen-bond donors (Lipinski definition) is 2. The highest BCUT2D eigenvalue weighted by atomic mass is 32.1. The highest BCUT2D eigenvalue weighted by Gasteiger charge is 2.43. The second-order valence-electron chi connectivity index (χ2n) is 5.90. The number of amides is 1. The monoisotopic (exact) mass is 242 g/mol. The third kappa shape index (κ3) is 2.94. The van der Waals surface area contributed by atoms with Crippen LogP contribution in [-0.2, 0) is 4.79 Å². The van der Waals surface area contributed by atoms with Crippen molar-refractivity contribution in [2.24, 2.45) is 16.6 Å². The molecule has 4 heteroatoms. The van der Waals surface area contributed by atoms with Gasteiger partial charge in [0, 0.05) is 6.54 Å². The van der Waals surface area contributed by atoms with Crippen molar-refractivity contribution in [2.45, 2.75) is 46.5 Å². The van der Waals surface area contributed by atoms with E-state index < -0.39 is 5.41 Å². The molecular formula is C12H22N2OS. The predicted octanol–water partition coefficient (Wildman–Crippen LogP) is 2.00. The molecule has 0 aromatic carbocycles. The van der Waals surface area contributed by atoms with Crippen molar-refractivity contribution in [3.8, 4) is 0 Å². The van der Waals surface area contributed by atoms with Gasteiger partial charge in [-0.1, -0.05) is 45.8 Å². The van der Waals surface area contributed by atoms with E-state index in [1.54, 1.807) is 0 Å². The molecule has 3 nitrogen and oxygen atoms in total. The lowest BCUT2D eigenvalue weighted by Gasteiger charge is -2.28. The van der Waals surface area contributed by atoms with Gasteiger partial charge >= 0.3 is 0 Å². The fourth-order valence-electron chi connectivity index (χ4n) is 2.08. The molecule has 0 heterocycles. The van der Waals surface area contributed by atoms with Crippen molar-refractivity contribution in [1.29, 1.82) is 0 Å². The molecule has 0 aromatic rings. The number of hydrogen-bond acceptors (Lipinski definition) is 2. The van der Waals surface area contributed by atoms with E-state index in [0.29, 0.717) is 11.5 Å². The van der Waals surface area contributed by atoms with Gasteiger partial charge < -0.3 is 11.1 Å². The van der Waals surface area contributed by atoms with Crippen LogP contribution in [0.1, 0.15) is 46.5 Å². The Morgan fingerprint density at radius 2 is 1.88 bits per heavy atom. The smallest absolute Gasteiger partial charge is 0.233 e. The van der Waals surface area contributed by atoms with Crippen molar-refractivity contribution >= 4 is 23.1 Å². The van der Waals surface area contributed by atoms with Crippen LogP contribution < -0.4 is 11.1 Å². The molecule has 0 radical (unpaired) electrons. The van der Waals surface area contributed by atoms with E-state index in [1.807, 2.05) is 0 Å². The van der Waals surface area contributed by atoms with Crippen molar-refractivity contribution in [1.82, 2.24) is 5.32 Å². The van der Waals surface area contributed by atoms with E-state index in [4.69, 9.17) is 18.0 Å². The van der Waals surface area contributed by atoms with Gasteiger partial charge in [-0.05, 0) is 18.3 Å². The normalized spacial score (nSPS) is 19.4. The van der Waals surface area contributed by atoms with Crippen molar-refractivity contribution < 1.29 is 4.79 Å². The minimum Gasteiger partial charge on any atom is -0.392 e. The Morgan fingerprint density at radius 3 is 2.25 bits per heavy atom. The van der Waals surface area contributed by atoms with Crippen molar-refractivity contribution in [2.75, 3.05) is 6.54 Å². The lowest BCUT2D eigenvalue weighted by Crippen LogP contribution is -2.48. The van der Waals surface area contributed by atoms with Crippen LogP contribution in [0.4, 0.5) is 0 Å². The lowest BCUT2D eigenvalue weighted by atomic mass is 9.84. The molecule has 0 unspecified atom stereocenters. The minimum absolute atomic E-state index is 0.0208. The second-order valence-corrected chi connectivity index (χ2v) is 6.34. The molecule has 1 aliphatic carbocycles. The molecule has 0 saturated heterocycles. The molecule has 1 rings (SSSR count). The molecule has 0 spiro atoms. The van der Waals surface area contributed by atoms with Crippen LogP contribution in [-0.4, -0.2) is 17.4 Å². The Balaban J connectivity index is 2.67. The van der Waals surface area contributed by atoms with Crippen LogP contribution in [0.2, 0.25) is 0 Å². The molecule has 92 valence electrons. The maximum absolute atomic E-state index is 12.2. The fourth-order valence-corrected chi connectivity index (χ4v) is 2.38. The van der Waals surface area contributed by atoms with E-state index in [1.165, 1.54) is 0 Å². The van der Waals surface area contributed by atoms with Crippen LogP contribution in [0, 0.1) is 10.8 Å². The van der Waals surface area contributed by atoms with E-state index in [2.05, 4.69) is 26.1 Å². The number of carbonyl (C=O) groups excluding carboxylic acids is 1. The maximum Gasteiger partial charge on any atom is 0.233 e. The van der Waals surface area contributed by atoms with E-state index >= 15 is 0 Å². The summed E-state index contributed by atoms with van der Waals surface area (Å²) in [5, 5.41) is 2.98. The average molecular weight is 242 g/mol. The Hall–Kier alpha value is -0.640. The summed E-state index contributed by atoms with van der Waals surface area (Å²) in [7, 11) is 0. The zero-order chi connectivity index (χ0) is 12.4. The van der Waals surface area contributed by atoms with Gasteiger partial charge in [-0.3, -0.25) is 4.79 Å². The summed E-state index contributed by atoms with van der Waals surface area (Å²) in [6.07, 6.45) is 3.69. The van der Waals surface area contributed by atoms with Gasteiger partial charge in [-0.2, -0.15) is 0 Å². The first-order chi connectivity index (χ1) is 7.28. The van der Waals surface area contributed by atoms with Crippen LogP contribution in [0.3, 0.4) is 0 Å². The molecular weight excluding hydrogens is 220 g/mol. The Labute approximate surface area is 103 Å². The number of carbonyl (C=O) groups is 1. The first-order valence-electron chi connectivity index (χ1n) is 5.86. The van der Waals surface area contributed by atoms with Crippen LogP contribution in [0.25, 0.3) is 0 Å². The number of rotatable bonds is 3. The first-order valence-corrected chi connectivity index (χ1v) is 6.27. The molecule has 1 fully saturated rings. The SMILES string of the molecule is CC(C)(C)CNC(=O)C1(C(N)=S)CCCC1. The highest BCUT2D eigenvalue weighted by Crippen LogP contribution is 2.38. The third-order valence-electron chi connectivity index (χ3n) is 3.14. The lowest BCUT2D eigenvalue weighted by molar-refractivity contribution is -0.127. The largest absolute Gasteiger partial charge is 0.392 e. The van der Waals surface area contributed by atoms with E-state index in [0.717, 1.165) is 25.7 Å². The minimum atomic E-state index is -0.569. The summed E-state index contributed by atoms with van der Waals surface area (Å²) in [5.74, 6) is 0.0208. The average Bonchev–Trinajstić information content (AvgIpc) is 2.62.